The molecule has 1 aliphatic rings. The molecule has 16 heavy (non-hydrogen) atoms. The van der Waals surface area contributed by atoms with Crippen molar-refractivity contribution in [3.8, 4) is 0 Å². The van der Waals surface area contributed by atoms with E-state index in [1.165, 1.54) is 0 Å². The van der Waals surface area contributed by atoms with Crippen molar-refractivity contribution in [2.24, 2.45) is 11.7 Å². The molecule has 0 aromatic carbocycles. The van der Waals surface area contributed by atoms with E-state index in [4.69, 9.17) is 10.2 Å². The van der Waals surface area contributed by atoms with Gasteiger partial charge in [-0.1, -0.05) is 6.92 Å². The van der Waals surface area contributed by atoms with Gasteiger partial charge in [-0.25, -0.2) is 0 Å². The van der Waals surface area contributed by atoms with Gasteiger partial charge in [0.25, 0.3) is 0 Å². The van der Waals surface area contributed by atoms with Gasteiger partial charge in [-0.15, -0.1) is 12.4 Å². The summed E-state index contributed by atoms with van der Waals surface area (Å²) in [7, 11) is 0. The van der Waals surface area contributed by atoms with Crippen molar-refractivity contribution in [1.82, 2.24) is 5.32 Å². The van der Waals surface area contributed by atoms with Gasteiger partial charge in [-0.05, 0) is 44.0 Å². The first-order valence-corrected chi connectivity index (χ1v) is 5.86. The number of piperidine rings is 1. The van der Waals surface area contributed by atoms with E-state index in [1.54, 1.807) is 0 Å². The Balaban J connectivity index is 0.00000128. The van der Waals surface area contributed by atoms with E-state index >= 15 is 0 Å². The predicted molar refractivity (Wildman–Crippen MR) is 67.9 cm³/mol. The second-order valence-electron chi connectivity index (χ2n) is 4.27. The maximum absolute atomic E-state index is 6.22. The summed E-state index contributed by atoms with van der Waals surface area (Å²) in [6, 6.07) is 4.15. The Hall–Kier alpha value is -0.510. The Labute approximate surface area is 103 Å². The summed E-state index contributed by atoms with van der Waals surface area (Å²) in [6.45, 7) is 4.26. The van der Waals surface area contributed by atoms with Gasteiger partial charge in [0.05, 0.1) is 6.04 Å². The minimum Gasteiger partial charge on any atom is -0.464 e. The zero-order valence-electron chi connectivity index (χ0n) is 9.74. The molecule has 3 nitrogen and oxygen atoms in total. The Bertz CT molecular complexity index is 308. The fourth-order valence-electron chi connectivity index (χ4n) is 2.20. The van der Waals surface area contributed by atoms with Crippen molar-refractivity contribution >= 4 is 12.4 Å². The molecule has 0 amide bonds. The number of halogens is 1. The second kappa shape index (κ2) is 6.28. The summed E-state index contributed by atoms with van der Waals surface area (Å²) < 4.78 is 5.70. The van der Waals surface area contributed by atoms with E-state index in [9.17, 15) is 0 Å². The lowest BCUT2D eigenvalue weighted by Crippen LogP contribution is -2.33. The van der Waals surface area contributed by atoms with Crippen LogP contribution in [0.15, 0.2) is 16.5 Å². The van der Waals surface area contributed by atoms with Gasteiger partial charge in [0.15, 0.2) is 0 Å². The van der Waals surface area contributed by atoms with Crippen LogP contribution < -0.4 is 11.1 Å². The van der Waals surface area contributed by atoms with Crippen molar-refractivity contribution in [3.63, 3.8) is 0 Å². The van der Waals surface area contributed by atoms with Gasteiger partial charge < -0.3 is 15.5 Å². The van der Waals surface area contributed by atoms with Crippen LogP contribution in [0, 0.1) is 5.92 Å². The molecular formula is C12H21ClN2O. The Kier molecular flexibility index (Phi) is 5.32. The highest BCUT2D eigenvalue weighted by atomic mass is 35.5. The molecule has 0 bridgehead atoms. The van der Waals surface area contributed by atoms with Crippen molar-refractivity contribution < 1.29 is 4.42 Å². The van der Waals surface area contributed by atoms with Crippen molar-refractivity contribution in [2.45, 2.75) is 32.2 Å². The molecule has 0 unspecified atom stereocenters. The molecule has 2 heterocycles. The van der Waals surface area contributed by atoms with Gasteiger partial charge in [-0.2, -0.15) is 0 Å². The van der Waals surface area contributed by atoms with E-state index in [0.717, 1.165) is 43.9 Å². The van der Waals surface area contributed by atoms with E-state index in [-0.39, 0.29) is 18.4 Å². The highest BCUT2D eigenvalue weighted by Gasteiger charge is 2.23. The summed E-state index contributed by atoms with van der Waals surface area (Å²) in [4.78, 5) is 0. The third-order valence-electron chi connectivity index (χ3n) is 3.25. The van der Waals surface area contributed by atoms with Crippen LogP contribution in [0.3, 0.4) is 0 Å². The lowest BCUT2D eigenvalue weighted by molar-refractivity contribution is 0.288. The molecule has 1 saturated heterocycles. The molecule has 0 saturated carbocycles. The minimum atomic E-state index is 0. The number of nitrogens with one attached hydrogen (secondary N) is 1. The van der Waals surface area contributed by atoms with E-state index in [1.807, 2.05) is 12.1 Å². The minimum absolute atomic E-state index is 0. The third kappa shape index (κ3) is 3.00. The third-order valence-corrected chi connectivity index (χ3v) is 3.25. The maximum Gasteiger partial charge on any atom is 0.121 e. The first-order chi connectivity index (χ1) is 7.31. The summed E-state index contributed by atoms with van der Waals surface area (Å²) in [6.07, 6.45) is 3.26. The van der Waals surface area contributed by atoms with Crippen molar-refractivity contribution in [1.29, 1.82) is 0 Å². The Morgan fingerprint density at radius 3 is 2.69 bits per heavy atom. The molecule has 3 N–H and O–H groups in total. The highest BCUT2D eigenvalue weighted by molar-refractivity contribution is 5.85. The lowest BCUT2D eigenvalue weighted by Gasteiger charge is -2.26. The molecule has 1 fully saturated rings. The number of nitrogens with two attached hydrogens (primary N) is 1. The summed E-state index contributed by atoms with van der Waals surface area (Å²) in [5, 5.41) is 3.35. The van der Waals surface area contributed by atoms with Crippen LogP contribution in [0.25, 0.3) is 0 Å². The molecule has 1 aliphatic heterocycles. The topological polar surface area (TPSA) is 51.2 Å². The number of rotatable bonds is 3. The van der Waals surface area contributed by atoms with Crippen LogP contribution in [0.4, 0.5) is 0 Å². The molecule has 92 valence electrons. The van der Waals surface area contributed by atoms with E-state index in [0.29, 0.717) is 5.92 Å². The van der Waals surface area contributed by atoms with Gasteiger partial charge in [-0.3, -0.25) is 0 Å². The van der Waals surface area contributed by atoms with Crippen LogP contribution >= 0.6 is 12.4 Å². The smallest absolute Gasteiger partial charge is 0.121 e. The van der Waals surface area contributed by atoms with Crippen LogP contribution in [0.1, 0.15) is 37.3 Å². The maximum atomic E-state index is 6.22. The SMILES string of the molecule is CCc1ccc([C@H](N)C2CCNCC2)o1.Cl. The normalized spacial score (nSPS) is 19.1. The monoisotopic (exact) mass is 244 g/mol. The van der Waals surface area contributed by atoms with Crippen LogP contribution in [0.5, 0.6) is 0 Å². The Morgan fingerprint density at radius 2 is 2.12 bits per heavy atom. The fourth-order valence-corrected chi connectivity index (χ4v) is 2.20. The molecule has 1 aromatic rings. The molecule has 1 aromatic heterocycles. The largest absolute Gasteiger partial charge is 0.464 e. The highest BCUT2D eigenvalue weighted by Crippen LogP contribution is 2.27. The molecule has 0 spiro atoms. The second-order valence-corrected chi connectivity index (χ2v) is 4.27. The molecule has 2 rings (SSSR count). The summed E-state index contributed by atoms with van der Waals surface area (Å²) in [5.41, 5.74) is 6.22. The number of aryl methyl sites for hydroxylation is 1. The average Bonchev–Trinajstić information content (AvgIpc) is 2.78. The zero-order valence-corrected chi connectivity index (χ0v) is 10.6. The van der Waals surface area contributed by atoms with Crippen LogP contribution in [-0.2, 0) is 6.42 Å². The van der Waals surface area contributed by atoms with Gasteiger partial charge in [0.1, 0.15) is 11.5 Å². The molecular weight excluding hydrogens is 224 g/mol. The van der Waals surface area contributed by atoms with E-state index in [2.05, 4.69) is 12.2 Å². The van der Waals surface area contributed by atoms with Crippen molar-refractivity contribution in [3.05, 3.63) is 23.7 Å². The van der Waals surface area contributed by atoms with Gasteiger partial charge in [0, 0.05) is 6.42 Å². The number of hydrogen-bond acceptors (Lipinski definition) is 3. The van der Waals surface area contributed by atoms with Gasteiger partial charge in [0.2, 0.25) is 0 Å². The summed E-state index contributed by atoms with van der Waals surface area (Å²) >= 11 is 0. The standard InChI is InChI=1S/C12H20N2O.ClH/c1-2-10-3-4-11(15-10)12(13)9-5-7-14-8-6-9;/h3-4,9,12,14H,2,5-8,13H2,1H3;1H/t12-;/m1./s1. The Morgan fingerprint density at radius 1 is 1.44 bits per heavy atom. The molecule has 0 radical (unpaired) electrons. The predicted octanol–water partition coefficient (Wildman–Crippen LogP) is 2.26. The van der Waals surface area contributed by atoms with Crippen LogP contribution in [-0.4, -0.2) is 13.1 Å². The van der Waals surface area contributed by atoms with Gasteiger partial charge >= 0.3 is 0 Å². The number of hydrogen-bond donors (Lipinski definition) is 2. The molecule has 4 heteroatoms. The fraction of sp³-hybridized carbons (Fsp3) is 0.667. The van der Waals surface area contributed by atoms with E-state index < -0.39 is 0 Å². The van der Waals surface area contributed by atoms with Crippen molar-refractivity contribution in [2.75, 3.05) is 13.1 Å². The zero-order chi connectivity index (χ0) is 10.7. The molecule has 1 atom stereocenters. The lowest BCUT2D eigenvalue weighted by atomic mass is 9.89. The molecule has 0 aliphatic carbocycles. The first-order valence-electron chi connectivity index (χ1n) is 5.86. The summed E-state index contributed by atoms with van der Waals surface area (Å²) in [5.74, 6) is 2.57. The van der Waals surface area contributed by atoms with Crippen LogP contribution in [0.2, 0.25) is 0 Å². The quantitative estimate of drug-likeness (QED) is 0.858. The first kappa shape index (κ1) is 13.6. The number of furan rings is 1. The average molecular weight is 245 g/mol.